The summed E-state index contributed by atoms with van der Waals surface area (Å²) in [6.07, 6.45) is 5.08. The van der Waals surface area contributed by atoms with Crippen molar-refractivity contribution in [1.29, 1.82) is 0 Å². The Morgan fingerprint density at radius 3 is 2.38 bits per heavy atom. The van der Waals surface area contributed by atoms with Crippen molar-refractivity contribution >= 4 is 0 Å². The molecular weight excluding hydrogens is 164 g/mol. The van der Waals surface area contributed by atoms with Crippen LogP contribution in [0.4, 0.5) is 0 Å². The predicted octanol–water partition coefficient (Wildman–Crippen LogP) is 2.11. The summed E-state index contributed by atoms with van der Waals surface area (Å²) in [7, 11) is 0. The Bertz CT molecular complexity index is 292. The van der Waals surface area contributed by atoms with Gasteiger partial charge >= 0.3 is 0 Å². The van der Waals surface area contributed by atoms with E-state index < -0.39 is 0 Å². The van der Waals surface area contributed by atoms with E-state index in [1.807, 2.05) is 25.1 Å². The minimum Gasteiger partial charge on any atom is -0.508 e. The van der Waals surface area contributed by atoms with Gasteiger partial charge in [-0.05, 0) is 18.6 Å². The number of nitrogens with one attached hydrogen (secondary N) is 1. The average molecular weight is 176 g/mol. The third kappa shape index (κ3) is 3.42. The Morgan fingerprint density at radius 1 is 1.31 bits per heavy atom. The van der Waals surface area contributed by atoms with E-state index in [0.717, 1.165) is 5.56 Å². The van der Waals surface area contributed by atoms with E-state index in [9.17, 15) is 0 Å². The van der Waals surface area contributed by atoms with Gasteiger partial charge in [-0.25, -0.2) is 4.98 Å². The van der Waals surface area contributed by atoms with Crippen molar-refractivity contribution in [2.75, 3.05) is 0 Å². The third-order valence-corrected chi connectivity index (χ3v) is 1.52. The van der Waals surface area contributed by atoms with Gasteiger partial charge in [0.2, 0.25) is 0 Å². The topological polar surface area (TPSA) is 48.9 Å². The first kappa shape index (κ1) is 9.32. The minimum absolute atomic E-state index is 0.368. The molecule has 1 heterocycles. The van der Waals surface area contributed by atoms with Gasteiger partial charge < -0.3 is 10.1 Å². The van der Waals surface area contributed by atoms with Crippen LogP contribution in [-0.2, 0) is 0 Å². The van der Waals surface area contributed by atoms with Crippen LogP contribution in [-0.4, -0.2) is 15.1 Å². The first-order valence-corrected chi connectivity index (χ1v) is 3.98. The summed E-state index contributed by atoms with van der Waals surface area (Å²) in [5, 5.41) is 8.92. The smallest absolute Gasteiger partial charge is 0.118 e. The Labute approximate surface area is 77.1 Å². The van der Waals surface area contributed by atoms with Gasteiger partial charge in [0.05, 0.1) is 6.33 Å². The Hall–Kier alpha value is -1.77. The molecule has 3 heteroatoms. The molecule has 0 amide bonds. The van der Waals surface area contributed by atoms with Crippen molar-refractivity contribution in [3.63, 3.8) is 0 Å². The highest BCUT2D eigenvalue weighted by Crippen LogP contribution is 2.12. The van der Waals surface area contributed by atoms with Crippen LogP contribution in [0.25, 0.3) is 0 Å². The zero-order valence-electron chi connectivity index (χ0n) is 7.44. The highest BCUT2D eigenvalue weighted by atomic mass is 16.3. The van der Waals surface area contributed by atoms with Crippen LogP contribution in [0.5, 0.6) is 5.75 Å². The number of nitrogens with zero attached hydrogens (tertiary/aromatic N) is 1. The summed E-state index contributed by atoms with van der Waals surface area (Å²) in [6, 6.07) is 7.25. The monoisotopic (exact) mass is 176 g/mol. The molecule has 0 bridgehead atoms. The molecule has 0 unspecified atom stereocenters. The van der Waals surface area contributed by atoms with Gasteiger partial charge in [0.15, 0.2) is 0 Å². The van der Waals surface area contributed by atoms with E-state index in [-0.39, 0.29) is 0 Å². The zero-order valence-corrected chi connectivity index (χ0v) is 7.44. The summed E-state index contributed by atoms with van der Waals surface area (Å²) in [4.78, 5) is 6.42. The van der Waals surface area contributed by atoms with Gasteiger partial charge in [-0.1, -0.05) is 18.2 Å². The lowest BCUT2D eigenvalue weighted by atomic mass is 10.2. The summed E-state index contributed by atoms with van der Waals surface area (Å²) in [6.45, 7) is 1.87. The van der Waals surface area contributed by atoms with Crippen molar-refractivity contribution < 1.29 is 5.11 Å². The quantitative estimate of drug-likeness (QED) is 0.645. The largest absolute Gasteiger partial charge is 0.508 e. The van der Waals surface area contributed by atoms with E-state index in [1.165, 1.54) is 0 Å². The predicted molar refractivity (Wildman–Crippen MR) is 51.4 cm³/mol. The number of rotatable bonds is 0. The van der Waals surface area contributed by atoms with E-state index >= 15 is 0 Å². The van der Waals surface area contributed by atoms with Gasteiger partial charge in [0.1, 0.15) is 5.75 Å². The first-order chi connectivity index (χ1) is 6.30. The standard InChI is InChI=1S/C7H8O.C3H4N2/c1-6-4-2-3-5-7(6)8;1-2-5-3-4-1/h2-5,8H,1H3;1-3H,(H,4,5). The normalized spacial score (nSPS) is 8.69. The SMILES string of the molecule is Cc1ccccc1O.c1c[nH]cn1. The molecule has 0 atom stereocenters. The number of aromatic hydroxyl groups is 1. The fraction of sp³-hybridized carbons (Fsp3) is 0.100. The number of para-hydroxylation sites is 1. The van der Waals surface area contributed by atoms with Crippen LogP contribution in [0.2, 0.25) is 0 Å². The molecule has 0 spiro atoms. The molecule has 1 aromatic heterocycles. The summed E-state index contributed by atoms with van der Waals surface area (Å²) < 4.78 is 0. The lowest BCUT2D eigenvalue weighted by Gasteiger charge is -1.92. The molecule has 3 nitrogen and oxygen atoms in total. The highest BCUT2D eigenvalue weighted by molar-refractivity contribution is 5.29. The van der Waals surface area contributed by atoms with E-state index in [1.54, 1.807) is 24.8 Å². The molecule has 0 aliphatic rings. The number of aromatic amines is 1. The van der Waals surface area contributed by atoms with Crippen molar-refractivity contribution in [1.82, 2.24) is 9.97 Å². The van der Waals surface area contributed by atoms with Crippen molar-refractivity contribution in [2.24, 2.45) is 0 Å². The van der Waals surface area contributed by atoms with E-state index in [0.29, 0.717) is 5.75 Å². The van der Waals surface area contributed by atoms with Crippen LogP contribution in [0.3, 0.4) is 0 Å². The number of hydrogen-bond acceptors (Lipinski definition) is 2. The molecule has 2 rings (SSSR count). The van der Waals surface area contributed by atoms with Gasteiger partial charge in [-0.15, -0.1) is 0 Å². The first-order valence-electron chi connectivity index (χ1n) is 3.98. The lowest BCUT2D eigenvalue weighted by molar-refractivity contribution is 0.471. The molecular formula is C10H12N2O. The minimum atomic E-state index is 0.368. The Kier molecular flexibility index (Phi) is 3.57. The number of aryl methyl sites for hydroxylation is 1. The molecule has 1 aromatic carbocycles. The number of hydrogen-bond donors (Lipinski definition) is 2. The molecule has 2 N–H and O–H groups in total. The molecule has 0 saturated carbocycles. The number of aromatic nitrogens is 2. The van der Waals surface area contributed by atoms with Crippen LogP contribution in [0.1, 0.15) is 5.56 Å². The second-order valence-corrected chi connectivity index (χ2v) is 2.55. The lowest BCUT2D eigenvalue weighted by Crippen LogP contribution is -1.68. The van der Waals surface area contributed by atoms with E-state index in [4.69, 9.17) is 5.11 Å². The second kappa shape index (κ2) is 4.98. The Balaban J connectivity index is 0.000000145. The molecule has 0 radical (unpaired) electrons. The van der Waals surface area contributed by atoms with Crippen LogP contribution in [0.15, 0.2) is 43.0 Å². The summed E-state index contributed by atoms with van der Waals surface area (Å²) in [5.74, 6) is 0.368. The van der Waals surface area contributed by atoms with Crippen LogP contribution in [0, 0.1) is 6.92 Å². The van der Waals surface area contributed by atoms with Gasteiger partial charge in [0.25, 0.3) is 0 Å². The van der Waals surface area contributed by atoms with E-state index in [2.05, 4.69) is 9.97 Å². The molecule has 13 heavy (non-hydrogen) atoms. The molecule has 0 aliphatic heterocycles. The number of phenolic OH excluding ortho intramolecular Hbond substituents is 1. The summed E-state index contributed by atoms with van der Waals surface area (Å²) in [5.41, 5.74) is 0.924. The maximum absolute atomic E-state index is 8.92. The zero-order chi connectivity index (χ0) is 9.52. The number of imidazole rings is 1. The molecule has 2 aromatic rings. The molecule has 68 valence electrons. The van der Waals surface area contributed by atoms with Crippen LogP contribution >= 0.6 is 0 Å². The number of phenols is 1. The van der Waals surface area contributed by atoms with Gasteiger partial charge in [-0.3, -0.25) is 0 Å². The van der Waals surface area contributed by atoms with Gasteiger partial charge in [-0.2, -0.15) is 0 Å². The van der Waals surface area contributed by atoms with Crippen LogP contribution < -0.4 is 0 Å². The Morgan fingerprint density at radius 2 is 2.08 bits per heavy atom. The number of H-pyrrole nitrogens is 1. The van der Waals surface area contributed by atoms with Crippen molar-refractivity contribution in [3.8, 4) is 5.75 Å². The fourth-order valence-electron chi connectivity index (χ4n) is 0.779. The number of benzene rings is 1. The fourth-order valence-corrected chi connectivity index (χ4v) is 0.779. The average Bonchev–Trinajstić information content (AvgIpc) is 2.68. The summed E-state index contributed by atoms with van der Waals surface area (Å²) >= 11 is 0. The third-order valence-electron chi connectivity index (χ3n) is 1.52. The van der Waals surface area contributed by atoms with Crippen molar-refractivity contribution in [2.45, 2.75) is 6.92 Å². The highest BCUT2D eigenvalue weighted by Gasteiger charge is 1.86. The molecule has 0 saturated heterocycles. The maximum atomic E-state index is 8.92. The van der Waals surface area contributed by atoms with Crippen molar-refractivity contribution in [3.05, 3.63) is 48.5 Å². The molecule has 0 aliphatic carbocycles. The second-order valence-electron chi connectivity index (χ2n) is 2.55. The maximum Gasteiger partial charge on any atom is 0.118 e. The molecule has 0 fully saturated rings. The van der Waals surface area contributed by atoms with Gasteiger partial charge in [0, 0.05) is 12.4 Å².